The minimum Gasteiger partial charge on any atom is -0.371 e. The third kappa shape index (κ3) is 4.30. The summed E-state index contributed by atoms with van der Waals surface area (Å²) in [6.07, 6.45) is 2.96. The molecule has 2 aromatic carbocycles. The number of nitrogens with zero attached hydrogens (tertiary/aromatic N) is 1. The lowest BCUT2D eigenvalue weighted by Gasteiger charge is -2.28. The first kappa shape index (κ1) is 22.1. The molecule has 8 heteroatoms. The lowest BCUT2D eigenvalue weighted by atomic mass is 10.0. The van der Waals surface area contributed by atoms with Crippen LogP contribution in [0.1, 0.15) is 32.1 Å². The average molecular weight is 465 g/mol. The Bertz CT molecular complexity index is 1040. The van der Waals surface area contributed by atoms with Crippen LogP contribution in [0.4, 0.5) is 10.1 Å². The van der Waals surface area contributed by atoms with Crippen LogP contribution in [0.5, 0.6) is 0 Å². The molecule has 1 heterocycles. The number of amides is 1. The maximum absolute atomic E-state index is 13.4. The van der Waals surface area contributed by atoms with Crippen LogP contribution < -0.4 is 10.2 Å². The van der Waals surface area contributed by atoms with E-state index in [1.54, 1.807) is 12.1 Å². The highest BCUT2D eigenvalue weighted by Crippen LogP contribution is 2.41. The maximum atomic E-state index is 13.4. The van der Waals surface area contributed by atoms with E-state index in [4.69, 9.17) is 11.6 Å². The van der Waals surface area contributed by atoms with Crippen molar-refractivity contribution in [2.45, 2.75) is 41.7 Å². The number of sulfone groups is 1. The number of hydrogen-bond donors (Lipinski definition) is 1. The Balaban J connectivity index is 1.44. The smallest absolute Gasteiger partial charge is 0.241 e. The zero-order chi connectivity index (χ0) is 22.1. The molecule has 5 nitrogen and oxygen atoms in total. The van der Waals surface area contributed by atoms with Gasteiger partial charge in [-0.3, -0.25) is 4.79 Å². The topological polar surface area (TPSA) is 66.5 Å². The number of carbonyl (C=O) groups is 1. The molecule has 1 unspecified atom stereocenters. The van der Waals surface area contributed by atoms with Gasteiger partial charge in [-0.2, -0.15) is 0 Å². The van der Waals surface area contributed by atoms with Gasteiger partial charge < -0.3 is 10.2 Å². The second kappa shape index (κ2) is 8.79. The summed E-state index contributed by atoms with van der Waals surface area (Å²) in [6.45, 7) is 1.98. The van der Waals surface area contributed by atoms with Crippen molar-refractivity contribution in [2.24, 2.45) is 5.92 Å². The zero-order valence-electron chi connectivity index (χ0n) is 17.2. The van der Waals surface area contributed by atoms with E-state index in [-0.39, 0.29) is 16.6 Å². The molecule has 166 valence electrons. The molecule has 1 atom stereocenters. The van der Waals surface area contributed by atoms with Gasteiger partial charge in [0.2, 0.25) is 5.91 Å². The van der Waals surface area contributed by atoms with Gasteiger partial charge in [0.05, 0.1) is 4.90 Å². The summed E-state index contributed by atoms with van der Waals surface area (Å²) < 4.78 is 38.6. The summed E-state index contributed by atoms with van der Waals surface area (Å²) in [6, 6.07) is 12.4. The molecule has 1 aliphatic heterocycles. The molecule has 0 radical (unpaired) electrons. The van der Waals surface area contributed by atoms with Crippen molar-refractivity contribution < 1.29 is 17.6 Å². The number of halogens is 2. The van der Waals surface area contributed by atoms with Gasteiger partial charge in [-0.15, -0.1) is 0 Å². The molecule has 4 rings (SSSR count). The molecular weight excluding hydrogens is 439 g/mol. The Morgan fingerprint density at radius 3 is 2.39 bits per heavy atom. The van der Waals surface area contributed by atoms with E-state index in [1.807, 2.05) is 0 Å². The number of carbonyl (C=O) groups excluding carboxylic acids is 1. The zero-order valence-corrected chi connectivity index (χ0v) is 18.8. The van der Waals surface area contributed by atoms with Gasteiger partial charge in [-0.1, -0.05) is 24.4 Å². The molecule has 1 amide bonds. The molecule has 0 spiro atoms. The molecule has 31 heavy (non-hydrogen) atoms. The number of hydrogen-bond acceptors (Lipinski definition) is 4. The average Bonchev–Trinajstić information content (AvgIpc) is 3.44. The Hall–Kier alpha value is -2.12. The second-order valence-electron chi connectivity index (χ2n) is 8.45. The van der Waals surface area contributed by atoms with Crippen LogP contribution in [0.3, 0.4) is 0 Å². The summed E-state index contributed by atoms with van der Waals surface area (Å²) in [7, 11) is -3.84. The van der Waals surface area contributed by atoms with Gasteiger partial charge in [-0.25, -0.2) is 12.8 Å². The minimum atomic E-state index is -3.84. The summed E-state index contributed by atoms with van der Waals surface area (Å²) in [5, 5.41) is 3.40. The monoisotopic (exact) mass is 464 g/mol. The van der Waals surface area contributed by atoms with E-state index in [1.165, 1.54) is 36.4 Å². The Kier molecular flexibility index (Phi) is 6.26. The third-order valence-corrected chi connectivity index (χ3v) is 9.26. The largest absolute Gasteiger partial charge is 0.371 e. The molecule has 1 saturated carbocycles. The molecule has 0 aromatic heterocycles. The van der Waals surface area contributed by atoms with Gasteiger partial charge in [0.15, 0.2) is 14.6 Å². The van der Waals surface area contributed by atoms with Crippen LogP contribution in [0.15, 0.2) is 53.4 Å². The van der Waals surface area contributed by atoms with Gasteiger partial charge in [0, 0.05) is 30.3 Å². The van der Waals surface area contributed by atoms with Gasteiger partial charge in [0.1, 0.15) is 5.82 Å². The molecule has 1 N–H and O–H groups in total. The van der Waals surface area contributed by atoms with E-state index < -0.39 is 20.5 Å². The molecule has 2 aromatic rings. The normalized spacial score (nSPS) is 20.7. The number of rotatable bonds is 6. The van der Waals surface area contributed by atoms with Gasteiger partial charge in [0.25, 0.3) is 0 Å². The summed E-state index contributed by atoms with van der Waals surface area (Å²) in [5.41, 5.74) is 0.952. The van der Waals surface area contributed by atoms with Crippen molar-refractivity contribution >= 4 is 33.0 Å². The molecular formula is C23H26ClFN2O3S. The molecule has 2 aliphatic rings. The number of nitrogens with one attached hydrogen (secondary N) is 1. The quantitative estimate of drug-likeness (QED) is 0.695. The van der Waals surface area contributed by atoms with Gasteiger partial charge >= 0.3 is 0 Å². The van der Waals surface area contributed by atoms with Crippen LogP contribution in [0.2, 0.25) is 5.02 Å². The van der Waals surface area contributed by atoms with Crippen molar-refractivity contribution in [1.29, 1.82) is 0 Å². The van der Waals surface area contributed by atoms with Crippen LogP contribution in [-0.4, -0.2) is 38.7 Å². The Labute approximate surface area is 187 Å². The highest BCUT2D eigenvalue weighted by Gasteiger charge is 2.52. The second-order valence-corrected chi connectivity index (χ2v) is 11.1. The van der Waals surface area contributed by atoms with Crippen LogP contribution in [0.25, 0.3) is 0 Å². The van der Waals surface area contributed by atoms with E-state index in [2.05, 4.69) is 10.2 Å². The molecule has 1 saturated heterocycles. The fourth-order valence-corrected chi connectivity index (χ4v) is 6.90. The fraction of sp³-hybridized carbons (Fsp3) is 0.435. The summed E-state index contributed by atoms with van der Waals surface area (Å²) >= 11 is 5.91. The van der Waals surface area contributed by atoms with E-state index in [0.29, 0.717) is 37.3 Å². The van der Waals surface area contributed by atoms with Crippen LogP contribution >= 0.6 is 11.6 Å². The van der Waals surface area contributed by atoms with Crippen LogP contribution in [-0.2, 0) is 14.6 Å². The first-order valence-corrected chi connectivity index (χ1v) is 12.5. The number of benzene rings is 2. The molecule has 1 aliphatic carbocycles. The van der Waals surface area contributed by atoms with Gasteiger partial charge in [-0.05, 0) is 73.7 Å². The van der Waals surface area contributed by atoms with Crippen molar-refractivity contribution in [1.82, 2.24) is 5.32 Å². The Morgan fingerprint density at radius 1 is 1.10 bits per heavy atom. The third-order valence-electron chi connectivity index (χ3n) is 6.49. The highest BCUT2D eigenvalue weighted by atomic mass is 35.5. The summed E-state index contributed by atoms with van der Waals surface area (Å²) in [4.78, 5) is 15.5. The Morgan fingerprint density at radius 2 is 1.74 bits per heavy atom. The lowest BCUT2D eigenvalue weighted by Crippen LogP contribution is -2.51. The first-order valence-electron chi connectivity index (χ1n) is 10.6. The first-order chi connectivity index (χ1) is 14.8. The van der Waals surface area contributed by atoms with E-state index >= 15 is 0 Å². The van der Waals surface area contributed by atoms with Crippen LogP contribution in [0, 0.1) is 11.7 Å². The fourth-order valence-electron chi connectivity index (χ4n) is 4.69. The summed E-state index contributed by atoms with van der Waals surface area (Å²) in [5.74, 6) is -0.457. The van der Waals surface area contributed by atoms with Crippen molar-refractivity contribution in [3.8, 4) is 0 Å². The molecule has 2 fully saturated rings. The van der Waals surface area contributed by atoms with E-state index in [0.717, 1.165) is 25.2 Å². The molecule has 0 bridgehead atoms. The van der Waals surface area contributed by atoms with Crippen molar-refractivity contribution in [3.05, 3.63) is 59.4 Å². The highest BCUT2D eigenvalue weighted by molar-refractivity contribution is 7.93. The van der Waals surface area contributed by atoms with Crippen molar-refractivity contribution in [3.63, 3.8) is 0 Å². The SMILES string of the molecule is O=C(NCC1CCN(c2ccc(F)cc2)C1)C1(S(=O)(=O)c2ccc(Cl)cc2)CCCC1. The predicted molar refractivity (Wildman–Crippen MR) is 120 cm³/mol. The van der Waals surface area contributed by atoms with E-state index in [9.17, 15) is 17.6 Å². The lowest BCUT2D eigenvalue weighted by molar-refractivity contribution is -0.123. The van der Waals surface area contributed by atoms with Crippen molar-refractivity contribution in [2.75, 3.05) is 24.5 Å². The number of anilines is 1. The predicted octanol–water partition coefficient (Wildman–Crippen LogP) is 4.21. The maximum Gasteiger partial charge on any atom is 0.241 e. The minimum absolute atomic E-state index is 0.136. The standard InChI is InChI=1S/C23H26ClFN2O3S/c24-18-3-9-21(10-4-18)31(29,30)23(12-1-2-13-23)22(28)26-15-17-11-14-27(16-17)20-7-5-19(25)6-8-20/h3-10,17H,1-2,11-16H2,(H,26,28).